The molecule has 2 heteroatoms. The van der Waals surface area contributed by atoms with Crippen LogP contribution in [-0.4, -0.2) is 13.2 Å². The Morgan fingerprint density at radius 3 is 1.93 bits per heavy atom. The van der Waals surface area contributed by atoms with E-state index < -0.39 is 0 Å². The Morgan fingerprint density at radius 2 is 1.57 bits per heavy atom. The smallest absolute Gasteiger partial charge is 0.179 e. The molecule has 0 aliphatic heterocycles. The molecule has 0 aromatic carbocycles. The van der Waals surface area contributed by atoms with E-state index in [0.29, 0.717) is 12.0 Å². The van der Waals surface area contributed by atoms with Gasteiger partial charge in [0.25, 0.3) is 0 Å². The standard InChI is InChI=1S/C8H15NO.2C2H6/c1-7(9-2)10-8-5-3-4-6-8;2*1-2/h8-9H,1,3-6H2,2H3;2*1-2H3. The summed E-state index contributed by atoms with van der Waals surface area (Å²) in [5, 5.41) is 2.88. The van der Waals surface area contributed by atoms with Gasteiger partial charge in [-0.05, 0) is 32.3 Å². The molecule has 14 heavy (non-hydrogen) atoms. The maximum absolute atomic E-state index is 5.45. The summed E-state index contributed by atoms with van der Waals surface area (Å²) in [6.45, 7) is 11.7. The van der Waals surface area contributed by atoms with Crippen LogP contribution in [0.4, 0.5) is 0 Å². The molecule has 1 saturated carbocycles. The van der Waals surface area contributed by atoms with Gasteiger partial charge in [-0.3, -0.25) is 0 Å². The normalized spacial score (nSPS) is 14.4. The van der Waals surface area contributed by atoms with Crippen LogP contribution in [-0.2, 0) is 4.74 Å². The van der Waals surface area contributed by atoms with Gasteiger partial charge >= 0.3 is 0 Å². The highest BCUT2D eigenvalue weighted by atomic mass is 16.5. The van der Waals surface area contributed by atoms with Crippen molar-refractivity contribution in [3.8, 4) is 0 Å². The molecular formula is C12H27NO. The molecule has 0 heterocycles. The molecule has 86 valence electrons. The van der Waals surface area contributed by atoms with Crippen LogP contribution in [0.2, 0.25) is 0 Å². The summed E-state index contributed by atoms with van der Waals surface area (Å²) in [6.07, 6.45) is 5.44. The molecule has 1 fully saturated rings. The second-order valence-electron chi connectivity index (χ2n) is 2.70. The van der Waals surface area contributed by atoms with Crippen molar-refractivity contribution in [2.24, 2.45) is 0 Å². The van der Waals surface area contributed by atoms with Gasteiger partial charge in [0.1, 0.15) is 6.10 Å². The minimum Gasteiger partial charge on any atom is -0.476 e. The molecule has 0 aromatic heterocycles. The third-order valence-electron chi connectivity index (χ3n) is 1.89. The zero-order valence-electron chi connectivity index (χ0n) is 10.5. The lowest BCUT2D eigenvalue weighted by Crippen LogP contribution is -2.14. The molecule has 1 N–H and O–H groups in total. The highest BCUT2D eigenvalue weighted by Gasteiger charge is 2.15. The maximum atomic E-state index is 5.45. The van der Waals surface area contributed by atoms with Crippen LogP contribution in [0.5, 0.6) is 0 Å². The van der Waals surface area contributed by atoms with Crippen LogP contribution in [0.25, 0.3) is 0 Å². The Balaban J connectivity index is 0. The van der Waals surface area contributed by atoms with Crippen molar-refractivity contribution >= 4 is 0 Å². The lowest BCUT2D eigenvalue weighted by molar-refractivity contribution is 0.111. The zero-order valence-corrected chi connectivity index (χ0v) is 10.5. The van der Waals surface area contributed by atoms with Gasteiger partial charge in [0.2, 0.25) is 0 Å². The first-order valence-electron chi connectivity index (χ1n) is 5.86. The van der Waals surface area contributed by atoms with Gasteiger partial charge < -0.3 is 10.1 Å². The molecule has 0 atom stereocenters. The molecule has 1 rings (SSSR count). The predicted octanol–water partition coefficient (Wildman–Crippen LogP) is 3.69. The number of hydrogen-bond donors (Lipinski definition) is 1. The molecule has 1 aliphatic rings. The topological polar surface area (TPSA) is 21.3 Å². The van der Waals surface area contributed by atoms with Crippen molar-refractivity contribution in [3.05, 3.63) is 12.5 Å². The van der Waals surface area contributed by atoms with Crippen LogP contribution in [0.1, 0.15) is 53.4 Å². The minimum atomic E-state index is 0.431. The first-order valence-corrected chi connectivity index (χ1v) is 5.86. The van der Waals surface area contributed by atoms with Gasteiger partial charge in [0.15, 0.2) is 5.88 Å². The summed E-state index contributed by atoms with van der Waals surface area (Å²) in [5.41, 5.74) is 0. The first-order chi connectivity index (χ1) is 6.83. The van der Waals surface area contributed by atoms with E-state index in [0.717, 1.165) is 0 Å². The van der Waals surface area contributed by atoms with Crippen molar-refractivity contribution in [1.29, 1.82) is 0 Å². The Hall–Kier alpha value is -0.660. The average Bonchev–Trinajstić information content (AvgIpc) is 2.76. The fourth-order valence-corrected chi connectivity index (χ4v) is 1.27. The van der Waals surface area contributed by atoms with Crippen molar-refractivity contribution in [2.45, 2.75) is 59.5 Å². The van der Waals surface area contributed by atoms with Crippen molar-refractivity contribution in [1.82, 2.24) is 5.32 Å². The summed E-state index contributed by atoms with van der Waals surface area (Å²) in [7, 11) is 1.83. The molecule has 0 radical (unpaired) electrons. The van der Waals surface area contributed by atoms with E-state index in [-0.39, 0.29) is 0 Å². The van der Waals surface area contributed by atoms with E-state index in [2.05, 4.69) is 11.9 Å². The number of ether oxygens (including phenoxy) is 1. The van der Waals surface area contributed by atoms with Crippen LogP contribution < -0.4 is 5.32 Å². The molecular weight excluding hydrogens is 174 g/mol. The molecule has 1 aliphatic carbocycles. The number of hydrogen-bond acceptors (Lipinski definition) is 2. The van der Waals surface area contributed by atoms with Gasteiger partial charge in [-0.25, -0.2) is 0 Å². The summed E-state index contributed by atoms with van der Waals surface area (Å²) in [4.78, 5) is 0. The van der Waals surface area contributed by atoms with E-state index in [1.54, 1.807) is 0 Å². The highest BCUT2D eigenvalue weighted by molar-refractivity contribution is 4.80. The van der Waals surface area contributed by atoms with Crippen LogP contribution in [0.3, 0.4) is 0 Å². The van der Waals surface area contributed by atoms with Gasteiger partial charge in [-0.15, -0.1) is 0 Å². The summed E-state index contributed by atoms with van der Waals surface area (Å²) in [5.74, 6) is 0.701. The number of rotatable bonds is 3. The maximum Gasteiger partial charge on any atom is 0.179 e. The molecule has 0 spiro atoms. The second kappa shape index (κ2) is 12.3. The average molecular weight is 201 g/mol. The summed E-state index contributed by atoms with van der Waals surface area (Å²) < 4.78 is 5.45. The van der Waals surface area contributed by atoms with Gasteiger partial charge in [-0.1, -0.05) is 27.7 Å². The van der Waals surface area contributed by atoms with Crippen molar-refractivity contribution in [2.75, 3.05) is 7.05 Å². The Kier molecular flexibility index (Phi) is 13.9. The molecule has 0 unspecified atom stereocenters. The SMILES string of the molecule is C=C(NC)OC1CCCC1.CC.CC. The second-order valence-corrected chi connectivity index (χ2v) is 2.70. The molecule has 0 saturated heterocycles. The molecule has 0 bridgehead atoms. The van der Waals surface area contributed by atoms with E-state index in [1.165, 1.54) is 25.7 Å². The van der Waals surface area contributed by atoms with Crippen LogP contribution >= 0.6 is 0 Å². The van der Waals surface area contributed by atoms with E-state index in [4.69, 9.17) is 4.74 Å². The quantitative estimate of drug-likeness (QED) is 0.703. The van der Waals surface area contributed by atoms with Crippen molar-refractivity contribution < 1.29 is 4.74 Å². The van der Waals surface area contributed by atoms with Gasteiger partial charge in [0.05, 0.1) is 0 Å². The Morgan fingerprint density at radius 1 is 1.14 bits per heavy atom. The zero-order chi connectivity index (χ0) is 11.4. The van der Waals surface area contributed by atoms with Gasteiger partial charge in [0, 0.05) is 7.05 Å². The fourth-order valence-electron chi connectivity index (χ4n) is 1.27. The van der Waals surface area contributed by atoms with E-state index >= 15 is 0 Å². The Labute approximate surface area is 89.7 Å². The highest BCUT2D eigenvalue weighted by Crippen LogP contribution is 2.21. The molecule has 0 aromatic rings. The van der Waals surface area contributed by atoms with E-state index in [9.17, 15) is 0 Å². The first kappa shape index (κ1) is 15.8. The lowest BCUT2D eigenvalue weighted by atomic mass is 10.3. The predicted molar refractivity (Wildman–Crippen MR) is 64.2 cm³/mol. The fraction of sp³-hybridized carbons (Fsp3) is 0.833. The molecule has 2 nitrogen and oxygen atoms in total. The van der Waals surface area contributed by atoms with Crippen LogP contribution in [0.15, 0.2) is 12.5 Å². The van der Waals surface area contributed by atoms with Crippen molar-refractivity contribution in [3.63, 3.8) is 0 Å². The minimum absolute atomic E-state index is 0.431. The van der Waals surface area contributed by atoms with Crippen LogP contribution in [0, 0.1) is 0 Å². The monoisotopic (exact) mass is 201 g/mol. The summed E-state index contributed by atoms with van der Waals surface area (Å²) >= 11 is 0. The third kappa shape index (κ3) is 7.96. The van der Waals surface area contributed by atoms with E-state index in [1.807, 2.05) is 34.7 Å². The number of nitrogens with one attached hydrogen (secondary N) is 1. The summed E-state index contributed by atoms with van der Waals surface area (Å²) in [6, 6.07) is 0. The van der Waals surface area contributed by atoms with Gasteiger partial charge in [-0.2, -0.15) is 0 Å². The molecule has 0 amide bonds. The third-order valence-corrected chi connectivity index (χ3v) is 1.89. The lowest BCUT2D eigenvalue weighted by Gasteiger charge is -2.13. The Bertz CT molecular complexity index is 117. The largest absolute Gasteiger partial charge is 0.476 e.